The van der Waals surface area contributed by atoms with Crippen molar-refractivity contribution in [1.29, 1.82) is 0 Å². The van der Waals surface area contributed by atoms with Crippen molar-refractivity contribution in [1.82, 2.24) is 14.8 Å². The summed E-state index contributed by atoms with van der Waals surface area (Å²) in [6, 6.07) is 4.19. The third-order valence-electron chi connectivity index (χ3n) is 6.61. The quantitative estimate of drug-likeness (QED) is 0.831. The maximum absolute atomic E-state index is 13.2. The highest BCUT2D eigenvalue weighted by atomic mass is 16.5. The van der Waals surface area contributed by atoms with Crippen molar-refractivity contribution in [3.8, 4) is 0 Å². The number of likely N-dealkylation sites (tertiary alicyclic amines) is 2. The number of aromatic nitrogens is 1. The molecule has 1 spiro atoms. The highest BCUT2D eigenvalue weighted by molar-refractivity contribution is 5.84. The lowest BCUT2D eigenvalue weighted by Crippen LogP contribution is -2.39. The van der Waals surface area contributed by atoms with Crippen LogP contribution in [0.25, 0.3) is 0 Å². The van der Waals surface area contributed by atoms with Crippen molar-refractivity contribution in [3.63, 3.8) is 0 Å². The van der Waals surface area contributed by atoms with Crippen molar-refractivity contribution in [3.05, 3.63) is 30.1 Å². The summed E-state index contributed by atoms with van der Waals surface area (Å²) in [5.41, 5.74) is 1.23. The minimum atomic E-state index is -0.0852. The second-order valence-corrected chi connectivity index (χ2v) is 8.32. The van der Waals surface area contributed by atoms with E-state index in [2.05, 4.69) is 26.9 Å². The molecule has 3 fully saturated rings. The van der Waals surface area contributed by atoms with E-state index in [-0.39, 0.29) is 5.41 Å². The van der Waals surface area contributed by atoms with Crippen LogP contribution >= 0.6 is 0 Å². The molecule has 26 heavy (non-hydrogen) atoms. The van der Waals surface area contributed by atoms with E-state index in [0.29, 0.717) is 11.8 Å². The number of carbonyl (C=O) groups excluding carboxylic acids is 1. The molecule has 0 unspecified atom stereocenters. The summed E-state index contributed by atoms with van der Waals surface area (Å²) in [7, 11) is 0. The molecule has 1 aromatic rings. The minimum absolute atomic E-state index is 0.0852. The Morgan fingerprint density at radius 2 is 1.85 bits per heavy atom. The maximum atomic E-state index is 13.2. The maximum Gasteiger partial charge on any atom is 0.228 e. The van der Waals surface area contributed by atoms with Gasteiger partial charge in [0.2, 0.25) is 5.91 Å². The van der Waals surface area contributed by atoms with Gasteiger partial charge in [0.25, 0.3) is 0 Å². The van der Waals surface area contributed by atoms with E-state index >= 15 is 0 Å². The molecule has 4 heterocycles. The monoisotopic (exact) mass is 357 g/mol. The molecule has 1 aromatic heterocycles. The first kappa shape index (κ1) is 17.9. The molecule has 0 aliphatic carbocycles. The van der Waals surface area contributed by atoms with Gasteiger partial charge in [-0.05, 0) is 75.2 Å². The third kappa shape index (κ3) is 3.94. The van der Waals surface area contributed by atoms with Crippen molar-refractivity contribution in [2.24, 2.45) is 11.3 Å². The normalized spacial score (nSPS) is 28.6. The van der Waals surface area contributed by atoms with Crippen LogP contribution in [0.2, 0.25) is 0 Å². The zero-order chi connectivity index (χ0) is 17.8. The van der Waals surface area contributed by atoms with Gasteiger partial charge in [-0.1, -0.05) is 0 Å². The zero-order valence-electron chi connectivity index (χ0n) is 15.7. The molecule has 5 nitrogen and oxygen atoms in total. The van der Waals surface area contributed by atoms with Crippen LogP contribution in [0.1, 0.15) is 44.1 Å². The van der Waals surface area contributed by atoms with E-state index in [1.165, 1.54) is 5.56 Å². The first-order chi connectivity index (χ1) is 12.8. The van der Waals surface area contributed by atoms with Gasteiger partial charge in [-0.2, -0.15) is 0 Å². The van der Waals surface area contributed by atoms with E-state index in [1.54, 1.807) is 0 Å². The average Bonchev–Trinajstić information content (AvgIpc) is 2.85. The fourth-order valence-electron chi connectivity index (χ4n) is 4.93. The second kappa shape index (κ2) is 8.05. The van der Waals surface area contributed by atoms with Crippen LogP contribution < -0.4 is 0 Å². The summed E-state index contributed by atoms with van der Waals surface area (Å²) in [4.78, 5) is 22.0. The highest BCUT2D eigenvalue weighted by Gasteiger charge is 2.47. The van der Waals surface area contributed by atoms with Crippen LogP contribution in [0, 0.1) is 11.3 Å². The molecule has 3 saturated heterocycles. The SMILES string of the molecule is O=C1N(CC2CCOCC2)CC[C@]12CCCN(Cc1ccncc1)CC2. The molecule has 0 bridgehead atoms. The van der Waals surface area contributed by atoms with Gasteiger partial charge in [-0.15, -0.1) is 0 Å². The van der Waals surface area contributed by atoms with E-state index < -0.39 is 0 Å². The molecule has 5 heteroatoms. The van der Waals surface area contributed by atoms with Gasteiger partial charge in [-0.3, -0.25) is 14.7 Å². The number of hydrogen-bond donors (Lipinski definition) is 0. The van der Waals surface area contributed by atoms with Gasteiger partial charge in [0.1, 0.15) is 0 Å². The Bertz CT molecular complexity index is 603. The first-order valence-electron chi connectivity index (χ1n) is 10.2. The summed E-state index contributed by atoms with van der Waals surface area (Å²) >= 11 is 0. The van der Waals surface area contributed by atoms with E-state index in [4.69, 9.17) is 4.74 Å². The number of amides is 1. The molecule has 1 amide bonds. The molecule has 0 saturated carbocycles. The molecule has 3 aliphatic heterocycles. The fourth-order valence-corrected chi connectivity index (χ4v) is 4.93. The smallest absolute Gasteiger partial charge is 0.228 e. The van der Waals surface area contributed by atoms with Crippen LogP contribution in [0.4, 0.5) is 0 Å². The van der Waals surface area contributed by atoms with Crippen molar-refractivity contribution in [2.45, 2.75) is 45.1 Å². The number of carbonyl (C=O) groups is 1. The Hall–Kier alpha value is -1.46. The van der Waals surface area contributed by atoms with E-state index in [0.717, 1.165) is 84.5 Å². The summed E-state index contributed by atoms with van der Waals surface area (Å²) in [6.45, 7) is 6.73. The lowest BCUT2D eigenvalue weighted by Gasteiger charge is -2.30. The van der Waals surface area contributed by atoms with Gasteiger partial charge in [0, 0.05) is 45.2 Å². The number of ether oxygens (including phenoxy) is 1. The van der Waals surface area contributed by atoms with Crippen molar-refractivity contribution in [2.75, 3.05) is 39.4 Å². The standard InChI is InChI=1S/C21H31N3O2/c25-20-21(8-13-24(20)17-19-4-14-26-15-5-19)6-1-11-23(12-7-21)16-18-2-9-22-10-3-18/h2-3,9-10,19H,1,4-8,11-17H2/t21-/m1/s1. The Kier molecular flexibility index (Phi) is 5.55. The number of hydrogen-bond acceptors (Lipinski definition) is 4. The molecule has 4 rings (SSSR count). The summed E-state index contributed by atoms with van der Waals surface area (Å²) < 4.78 is 5.47. The summed E-state index contributed by atoms with van der Waals surface area (Å²) in [5, 5.41) is 0. The predicted octanol–water partition coefficient (Wildman–Crippen LogP) is 2.71. The topological polar surface area (TPSA) is 45.7 Å². The first-order valence-corrected chi connectivity index (χ1v) is 10.2. The third-order valence-corrected chi connectivity index (χ3v) is 6.61. The molecular weight excluding hydrogens is 326 g/mol. The molecule has 142 valence electrons. The number of rotatable bonds is 4. The van der Waals surface area contributed by atoms with Gasteiger partial charge >= 0.3 is 0 Å². The average molecular weight is 357 g/mol. The minimum Gasteiger partial charge on any atom is -0.381 e. The van der Waals surface area contributed by atoms with Crippen molar-refractivity contribution >= 4 is 5.91 Å². The van der Waals surface area contributed by atoms with Crippen LogP contribution in [-0.2, 0) is 16.1 Å². The van der Waals surface area contributed by atoms with Gasteiger partial charge in [0.05, 0.1) is 5.41 Å². The Labute approximate surface area is 156 Å². The van der Waals surface area contributed by atoms with Crippen LogP contribution in [-0.4, -0.2) is 60.1 Å². The van der Waals surface area contributed by atoms with Crippen LogP contribution in [0.5, 0.6) is 0 Å². The Morgan fingerprint density at radius 1 is 1.08 bits per heavy atom. The largest absolute Gasteiger partial charge is 0.381 e. The Morgan fingerprint density at radius 3 is 2.65 bits per heavy atom. The Balaban J connectivity index is 1.34. The molecule has 0 radical (unpaired) electrons. The summed E-state index contributed by atoms with van der Waals surface area (Å²) in [5.74, 6) is 1.08. The lowest BCUT2D eigenvalue weighted by molar-refractivity contribution is -0.137. The second-order valence-electron chi connectivity index (χ2n) is 8.32. The number of nitrogens with zero attached hydrogens (tertiary/aromatic N) is 3. The predicted molar refractivity (Wildman–Crippen MR) is 101 cm³/mol. The summed E-state index contributed by atoms with van der Waals surface area (Å²) in [6.07, 6.45) is 10.2. The van der Waals surface area contributed by atoms with Gasteiger partial charge in [0.15, 0.2) is 0 Å². The molecule has 0 aromatic carbocycles. The molecule has 1 atom stereocenters. The van der Waals surface area contributed by atoms with E-state index in [1.807, 2.05) is 12.4 Å². The van der Waals surface area contributed by atoms with Gasteiger partial charge in [-0.25, -0.2) is 0 Å². The van der Waals surface area contributed by atoms with Crippen molar-refractivity contribution < 1.29 is 9.53 Å². The highest BCUT2D eigenvalue weighted by Crippen LogP contribution is 2.42. The molecule has 3 aliphatic rings. The lowest BCUT2D eigenvalue weighted by atomic mass is 9.79. The number of pyridine rings is 1. The fraction of sp³-hybridized carbons (Fsp3) is 0.714. The molecular formula is C21H31N3O2. The van der Waals surface area contributed by atoms with Crippen LogP contribution in [0.15, 0.2) is 24.5 Å². The van der Waals surface area contributed by atoms with E-state index in [9.17, 15) is 4.79 Å². The van der Waals surface area contributed by atoms with Gasteiger partial charge < -0.3 is 9.64 Å². The molecule has 0 N–H and O–H groups in total. The van der Waals surface area contributed by atoms with Crippen LogP contribution in [0.3, 0.4) is 0 Å². The zero-order valence-corrected chi connectivity index (χ0v) is 15.7.